The molecule has 0 atom stereocenters. The van der Waals surface area contributed by atoms with E-state index in [2.05, 4.69) is 15.3 Å². The van der Waals surface area contributed by atoms with Gasteiger partial charge in [0.05, 0.1) is 24.6 Å². The zero-order valence-corrected chi connectivity index (χ0v) is 14.2. The van der Waals surface area contributed by atoms with Crippen LogP contribution >= 0.6 is 0 Å². The maximum Gasteiger partial charge on any atom is 0.296 e. The number of carbonyl (C=O) groups excluding carboxylic acids is 2. The first-order chi connectivity index (χ1) is 12.0. The van der Waals surface area contributed by atoms with Crippen LogP contribution in [-0.4, -0.2) is 33.3 Å². The molecule has 3 aromatic heterocycles. The van der Waals surface area contributed by atoms with Crippen LogP contribution in [0.15, 0.2) is 42.9 Å². The third-order valence-corrected chi connectivity index (χ3v) is 3.80. The zero-order valence-electron chi connectivity index (χ0n) is 14.2. The molecule has 0 fully saturated rings. The van der Waals surface area contributed by atoms with Gasteiger partial charge in [-0.05, 0) is 32.0 Å². The molecule has 0 unspecified atom stereocenters. The monoisotopic (exact) mass is 338 g/mol. The van der Waals surface area contributed by atoms with Crippen LogP contribution < -0.4 is 10.1 Å². The van der Waals surface area contributed by atoms with Gasteiger partial charge < -0.3 is 14.6 Å². The smallest absolute Gasteiger partial charge is 0.296 e. The largest absolute Gasteiger partial charge is 0.481 e. The Balaban J connectivity index is 1.89. The number of amides is 1. The number of aromatic nitrogens is 3. The zero-order chi connectivity index (χ0) is 18.0. The summed E-state index contributed by atoms with van der Waals surface area (Å²) in [5.74, 6) is -0.915. The van der Waals surface area contributed by atoms with Crippen molar-refractivity contribution in [2.24, 2.45) is 0 Å². The van der Waals surface area contributed by atoms with Gasteiger partial charge in [0.2, 0.25) is 5.88 Å². The normalized spacial score (nSPS) is 10.9. The summed E-state index contributed by atoms with van der Waals surface area (Å²) in [6.07, 6.45) is 4.78. The summed E-state index contributed by atoms with van der Waals surface area (Å²) in [7, 11) is 1.50. The summed E-state index contributed by atoms with van der Waals surface area (Å²) in [6.45, 7) is 3.98. The van der Waals surface area contributed by atoms with Gasteiger partial charge in [-0.3, -0.25) is 9.59 Å². The molecule has 7 nitrogen and oxygen atoms in total. The van der Waals surface area contributed by atoms with Gasteiger partial charge in [-0.2, -0.15) is 0 Å². The Morgan fingerprint density at radius 1 is 1.20 bits per heavy atom. The standard InChI is InChI=1S/C18H18N4O3/c1-11(2)22-10-14(13-5-4-8-19-17(13)22)16(23)18(24)21-12-6-7-15(25-3)20-9-12/h4-11H,1-3H3,(H,21,24). The van der Waals surface area contributed by atoms with Crippen molar-refractivity contribution in [2.45, 2.75) is 19.9 Å². The van der Waals surface area contributed by atoms with E-state index in [1.165, 1.54) is 13.3 Å². The Bertz CT molecular complexity index is 929. The van der Waals surface area contributed by atoms with Crippen molar-refractivity contribution in [2.75, 3.05) is 12.4 Å². The van der Waals surface area contributed by atoms with Gasteiger partial charge in [0.25, 0.3) is 11.7 Å². The molecule has 0 aliphatic rings. The van der Waals surface area contributed by atoms with E-state index in [9.17, 15) is 9.59 Å². The minimum absolute atomic E-state index is 0.118. The molecule has 0 spiro atoms. The van der Waals surface area contributed by atoms with E-state index in [0.717, 1.165) is 0 Å². The van der Waals surface area contributed by atoms with Crippen LogP contribution in [0.25, 0.3) is 11.0 Å². The molecule has 1 N–H and O–H groups in total. The van der Waals surface area contributed by atoms with Crippen molar-refractivity contribution in [1.29, 1.82) is 0 Å². The lowest BCUT2D eigenvalue weighted by molar-refractivity contribution is -0.112. The molecule has 0 aliphatic carbocycles. The molecule has 0 bridgehead atoms. The Kier molecular flexibility index (Phi) is 4.47. The van der Waals surface area contributed by atoms with E-state index in [4.69, 9.17) is 4.74 Å². The number of hydrogen-bond acceptors (Lipinski definition) is 5. The second kappa shape index (κ2) is 6.72. The van der Waals surface area contributed by atoms with E-state index in [1.54, 1.807) is 36.7 Å². The number of ketones is 1. The fourth-order valence-electron chi connectivity index (χ4n) is 2.54. The highest BCUT2D eigenvalue weighted by atomic mass is 16.5. The number of nitrogens with one attached hydrogen (secondary N) is 1. The lowest BCUT2D eigenvalue weighted by Crippen LogP contribution is -2.22. The highest BCUT2D eigenvalue weighted by Gasteiger charge is 2.23. The number of carbonyl (C=O) groups is 2. The lowest BCUT2D eigenvalue weighted by atomic mass is 10.1. The minimum atomic E-state index is -0.723. The number of ether oxygens (including phenoxy) is 1. The first-order valence-electron chi connectivity index (χ1n) is 7.82. The first kappa shape index (κ1) is 16.6. The molecule has 0 radical (unpaired) electrons. The Labute approximate surface area is 144 Å². The van der Waals surface area contributed by atoms with E-state index in [-0.39, 0.29) is 6.04 Å². The number of fused-ring (bicyclic) bond motifs is 1. The van der Waals surface area contributed by atoms with Crippen LogP contribution in [0.3, 0.4) is 0 Å². The Morgan fingerprint density at radius 3 is 2.64 bits per heavy atom. The van der Waals surface area contributed by atoms with Gasteiger partial charge in [0, 0.05) is 29.9 Å². The number of anilines is 1. The number of Topliss-reactive ketones (excluding diaryl/α,β-unsaturated/α-hetero) is 1. The van der Waals surface area contributed by atoms with Crippen LogP contribution in [-0.2, 0) is 4.79 Å². The van der Waals surface area contributed by atoms with Gasteiger partial charge >= 0.3 is 0 Å². The predicted molar refractivity (Wildman–Crippen MR) is 93.9 cm³/mol. The molecule has 0 saturated heterocycles. The van der Waals surface area contributed by atoms with Crippen LogP contribution in [0.1, 0.15) is 30.2 Å². The first-order valence-corrected chi connectivity index (χ1v) is 7.82. The molecule has 3 rings (SSSR count). The van der Waals surface area contributed by atoms with Crippen molar-refractivity contribution in [1.82, 2.24) is 14.5 Å². The van der Waals surface area contributed by atoms with Crippen LogP contribution in [0.2, 0.25) is 0 Å². The van der Waals surface area contributed by atoms with Crippen LogP contribution in [0.4, 0.5) is 5.69 Å². The van der Waals surface area contributed by atoms with E-state index in [1.807, 2.05) is 18.4 Å². The third-order valence-electron chi connectivity index (χ3n) is 3.80. The number of methoxy groups -OCH3 is 1. The maximum absolute atomic E-state index is 12.6. The van der Waals surface area contributed by atoms with Crippen molar-refractivity contribution in [3.8, 4) is 5.88 Å². The number of rotatable bonds is 5. The van der Waals surface area contributed by atoms with E-state index >= 15 is 0 Å². The second-order valence-electron chi connectivity index (χ2n) is 5.79. The van der Waals surface area contributed by atoms with E-state index in [0.29, 0.717) is 28.2 Å². The van der Waals surface area contributed by atoms with Gasteiger partial charge in [-0.25, -0.2) is 9.97 Å². The van der Waals surface area contributed by atoms with Gasteiger partial charge in [0.15, 0.2) is 0 Å². The maximum atomic E-state index is 12.6. The number of nitrogens with zero attached hydrogens (tertiary/aromatic N) is 3. The highest BCUT2D eigenvalue weighted by Crippen LogP contribution is 2.23. The van der Waals surface area contributed by atoms with Gasteiger partial charge in [0.1, 0.15) is 5.65 Å². The molecule has 3 heterocycles. The van der Waals surface area contributed by atoms with E-state index < -0.39 is 11.7 Å². The van der Waals surface area contributed by atoms with Gasteiger partial charge in [-0.15, -0.1) is 0 Å². The van der Waals surface area contributed by atoms with Crippen molar-refractivity contribution in [3.05, 3.63) is 48.4 Å². The highest BCUT2D eigenvalue weighted by molar-refractivity contribution is 6.48. The summed E-state index contributed by atoms with van der Waals surface area (Å²) in [6, 6.07) is 6.88. The molecule has 0 aromatic carbocycles. The predicted octanol–water partition coefficient (Wildman–Crippen LogP) is 2.84. The summed E-state index contributed by atoms with van der Waals surface area (Å²) < 4.78 is 6.84. The van der Waals surface area contributed by atoms with Crippen molar-refractivity contribution < 1.29 is 14.3 Å². The average Bonchev–Trinajstić information content (AvgIpc) is 3.01. The summed E-state index contributed by atoms with van der Waals surface area (Å²) >= 11 is 0. The Morgan fingerprint density at radius 2 is 2.00 bits per heavy atom. The molecule has 25 heavy (non-hydrogen) atoms. The molecule has 3 aromatic rings. The molecule has 1 amide bonds. The Hall–Kier alpha value is -3.22. The molecular formula is C18H18N4O3. The second-order valence-corrected chi connectivity index (χ2v) is 5.79. The molecular weight excluding hydrogens is 320 g/mol. The SMILES string of the molecule is COc1ccc(NC(=O)C(=O)c2cn(C(C)C)c3ncccc23)cn1. The molecule has 0 saturated carbocycles. The summed E-state index contributed by atoms with van der Waals surface area (Å²) in [4.78, 5) is 33.3. The van der Waals surface area contributed by atoms with Crippen molar-refractivity contribution in [3.63, 3.8) is 0 Å². The molecule has 128 valence electrons. The topological polar surface area (TPSA) is 86.1 Å². The fourth-order valence-corrected chi connectivity index (χ4v) is 2.54. The summed E-state index contributed by atoms with van der Waals surface area (Å²) in [5, 5.41) is 3.22. The van der Waals surface area contributed by atoms with Gasteiger partial charge in [-0.1, -0.05) is 0 Å². The number of pyridine rings is 2. The minimum Gasteiger partial charge on any atom is -0.481 e. The quantitative estimate of drug-likeness (QED) is 0.571. The van der Waals surface area contributed by atoms with Crippen LogP contribution in [0.5, 0.6) is 5.88 Å². The fraction of sp³-hybridized carbons (Fsp3) is 0.222. The average molecular weight is 338 g/mol. The van der Waals surface area contributed by atoms with Crippen molar-refractivity contribution >= 4 is 28.4 Å². The number of hydrogen-bond donors (Lipinski definition) is 1. The summed E-state index contributed by atoms with van der Waals surface area (Å²) in [5.41, 5.74) is 1.43. The van der Waals surface area contributed by atoms with Crippen LogP contribution in [0, 0.1) is 0 Å². The molecule has 0 aliphatic heterocycles. The lowest BCUT2D eigenvalue weighted by Gasteiger charge is -2.07. The molecule has 7 heteroatoms. The third kappa shape index (κ3) is 3.21.